The molecule has 0 aliphatic rings. The third kappa shape index (κ3) is 4.00. The second kappa shape index (κ2) is 8.97. The van der Waals surface area contributed by atoms with E-state index in [1.165, 1.54) is 11.8 Å². The van der Waals surface area contributed by atoms with Crippen molar-refractivity contribution in [3.05, 3.63) is 95.3 Å². The number of fused-ring (bicyclic) bond motifs is 1. The fourth-order valence-electron chi connectivity index (χ4n) is 3.33. The van der Waals surface area contributed by atoms with Crippen LogP contribution < -0.4 is 10.5 Å². The molecule has 0 radical (unpaired) electrons. The van der Waals surface area contributed by atoms with Gasteiger partial charge in [-0.2, -0.15) is 0 Å². The predicted molar refractivity (Wildman–Crippen MR) is 123 cm³/mol. The first kappa shape index (κ1) is 19.9. The van der Waals surface area contributed by atoms with E-state index in [2.05, 4.69) is 0 Å². The van der Waals surface area contributed by atoms with Gasteiger partial charge in [-0.3, -0.25) is 14.2 Å². The van der Waals surface area contributed by atoms with E-state index in [9.17, 15) is 9.59 Å². The van der Waals surface area contributed by atoms with E-state index in [4.69, 9.17) is 4.98 Å². The Kier molecular flexibility index (Phi) is 5.95. The van der Waals surface area contributed by atoms with Gasteiger partial charge in [0.15, 0.2) is 5.16 Å². The molecule has 0 aliphatic heterocycles. The molecule has 0 saturated heterocycles. The van der Waals surface area contributed by atoms with Gasteiger partial charge in [0.1, 0.15) is 0 Å². The Morgan fingerprint density at radius 2 is 1.57 bits per heavy atom. The van der Waals surface area contributed by atoms with Crippen LogP contribution in [0.2, 0.25) is 0 Å². The van der Waals surface area contributed by atoms with Gasteiger partial charge in [0.2, 0.25) is 5.91 Å². The van der Waals surface area contributed by atoms with Crippen molar-refractivity contribution in [1.82, 2.24) is 9.55 Å². The SMILES string of the molecule is CCN(C(=O)CSc1nc2ccccc2c(=O)n1-c1ccccc1)c1ccccc1. The third-order valence-corrected chi connectivity index (χ3v) is 5.69. The first-order chi connectivity index (χ1) is 14.7. The van der Waals surface area contributed by atoms with Crippen LogP contribution in [0.3, 0.4) is 0 Å². The third-order valence-electron chi connectivity index (χ3n) is 4.77. The molecule has 0 atom stereocenters. The Hall–Kier alpha value is -3.38. The molecule has 0 bridgehead atoms. The van der Waals surface area contributed by atoms with Crippen molar-refractivity contribution in [3.8, 4) is 5.69 Å². The van der Waals surface area contributed by atoms with Crippen molar-refractivity contribution in [2.24, 2.45) is 0 Å². The number of nitrogens with zero attached hydrogens (tertiary/aromatic N) is 3. The van der Waals surface area contributed by atoms with Gasteiger partial charge in [-0.25, -0.2) is 4.98 Å². The summed E-state index contributed by atoms with van der Waals surface area (Å²) in [5.41, 5.74) is 2.07. The molecule has 1 heterocycles. The number of para-hydroxylation sites is 3. The van der Waals surface area contributed by atoms with Gasteiger partial charge in [0.05, 0.1) is 22.3 Å². The van der Waals surface area contributed by atoms with E-state index in [0.717, 1.165) is 11.4 Å². The van der Waals surface area contributed by atoms with Crippen molar-refractivity contribution in [1.29, 1.82) is 0 Å². The minimum absolute atomic E-state index is 0.0317. The maximum atomic E-state index is 13.2. The van der Waals surface area contributed by atoms with Gasteiger partial charge in [0.25, 0.3) is 5.56 Å². The van der Waals surface area contributed by atoms with Gasteiger partial charge in [-0.05, 0) is 43.3 Å². The van der Waals surface area contributed by atoms with Gasteiger partial charge >= 0.3 is 0 Å². The normalized spacial score (nSPS) is 10.8. The zero-order valence-electron chi connectivity index (χ0n) is 16.6. The predicted octanol–water partition coefficient (Wildman–Crippen LogP) is 4.53. The number of carbonyl (C=O) groups excluding carboxylic acids is 1. The molecule has 6 heteroatoms. The van der Waals surface area contributed by atoms with Gasteiger partial charge in [-0.15, -0.1) is 0 Å². The lowest BCUT2D eigenvalue weighted by atomic mass is 10.2. The summed E-state index contributed by atoms with van der Waals surface area (Å²) in [6.45, 7) is 2.52. The Labute approximate surface area is 179 Å². The monoisotopic (exact) mass is 415 g/mol. The quantitative estimate of drug-likeness (QED) is 0.343. The number of aromatic nitrogens is 2. The molecule has 1 aromatic heterocycles. The standard InChI is InChI=1S/C24H21N3O2S/c1-2-26(18-11-5-3-6-12-18)22(28)17-30-24-25-21-16-10-9-15-20(21)23(29)27(24)19-13-7-4-8-14-19/h3-16H,2,17H2,1H3. The number of anilines is 1. The second-order valence-corrected chi connectivity index (χ2v) is 7.59. The van der Waals surface area contributed by atoms with Crippen LogP contribution in [0.5, 0.6) is 0 Å². The average molecular weight is 416 g/mol. The smallest absolute Gasteiger partial charge is 0.266 e. The summed E-state index contributed by atoms with van der Waals surface area (Å²) in [5, 5.41) is 1.05. The molecule has 0 N–H and O–H groups in total. The molecule has 4 rings (SSSR count). The largest absolute Gasteiger partial charge is 0.312 e. The summed E-state index contributed by atoms with van der Waals surface area (Å²) >= 11 is 1.28. The lowest BCUT2D eigenvalue weighted by Gasteiger charge is -2.21. The van der Waals surface area contributed by atoms with E-state index in [1.54, 1.807) is 15.5 Å². The molecule has 4 aromatic rings. The summed E-state index contributed by atoms with van der Waals surface area (Å²) in [5.74, 6) is 0.149. The molecule has 150 valence electrons. The summed E-state index contributed by atoms with van der Waals surface area (Å²) in [7, 11) is 0. The summed E-state index contributed by atoms with van der Waals surface area (Å²) in [6, 6.07) is 26.3. The lowest BCUT2D eigenvalue weighted by molar-refractivity contribution is -0.116. The molecule has 0 unspecified atom stereocenters. The van der Waals surface area contributed by atoms with E-state index in [0.29, 0.717) is 22.6 Å². The number of thioether (sulfide) groups is 1. The van der Waals surface area contributed by atoms with Gasteiger partial charge in [-0.1, -0.05) is 60.3 Å². The molecule has 30 heavy (non-hydrogen) atoms. The minimum atomic E-state index is -0.142. The number of rotatable bonds is 6. The number of benzene rings is 3. The molecule has 3 aromatic carbocycles. The number of carbonyl (C=O) groups is 1. The highest BCUT2D eigenvalue weighted by molar-refractivity contribution is 7.99. The van der Waals surface area contributed by atoms with E-state index >= 15 is 0 Å². The van der Waals surface area contributed by atoms with Gasteiger partial charge in [0, 0.05) is 12.2 Å². The van der Waals surface area contributed by atoms with Crippen LogP contribution in [0, 0.1) is 0 Å². The van der Waals surface area contributed by atoms with E-state index in [-0.39, 0.29) is 17.2 Å². The lowest BCUT2D eigenvalue weighted by Crippen LogP contribution is -2.32. The molecule has 0 spiro atoms. The zero-order chi connectivity index (χ0) is 20.9. The fraction of sp³-hybridized carbons (Fsp3) is 0.125. The van der Waals surface area contributed by atoms with E-state index in [1.807, 2.05) is 85.8 Å². The van der Waals surface area contributed by atoms with E-state index < -0.39 is 0 Å². The second-order valence-electron chi connectivity index (χ2n) is 6.65. The van der Waals surface area contributed by atoms with Crippen molar-refractivity contribution >= 4 is 34.3 Å². The number of hydrogen-bond donors (Lipinski definition) is 0. The Morgan fingerprint density at radius 3 is 2.27 bits per heavy atom. The first-order valence-electron chi connectivity index (χ1n) is 9.74. The molecule has 0 aliphatic carbocycles. The number of hydrogen-bond acceptors (Lipinski definition) is 4. The average Bonchev–Trinajstić information content (AvgIpc) is 2.79. The highest BCUT2D eigenvalue weighted by atomic mass is 32.2. The number of amides is 1. The molecular formula is C24H21N3O2S. The molecule has 1 amide bonds. The zero-order valence-corrected chi connectivity index (χ0v) is 17.4. The molecule has 0 fully saturated rings. The topological polar surface area (TPSA) is 55.2 Å². The highest BCUT2D eigenvalue weighted by Crippen LogP contribution is 2.23. The van der Waals surface area contributed by atoms with Crippen LogP contribution in [-0.2, 0) is 4.79 Å². The van der Waals surface area contributed by atoms with Crippen LogP contribution in [-0.4, -0.2) is 27.8 Å². The van der Waals surface area contributed by atoms with Crippen LogP contribution >= 0.6 is 11.8 Å². The first-order valence-corrected chi connectivity index (χ1v) is 10.7. The summed E-state index contributed by atoms with van der Waals surface area (Å²) in [4.78, 5) is 32.6. The fourth-order valence-corrected chi connectivity index (χ4v) is 4.22. The van der Waals surface area contributed by atoms with Crippen LogP contribution in [0.15, 0.2) is 94.9 Å². The maximum absolute atomic E-state index is 13.2. The highest BCUT2D eigenvalue weighted by Gasteiger charge is 2.18. The summed E-state index contributed by atoms with van der Waals surface area (Å²) in [6.07, 6.45) is 0. The van der Waals surface area contributed by atoms with Crippen molar-refractivity contribution in [2.45, 2.75) is 12.1 Å². The maximum Gasteiger partial charge on any atom is 0.266 e. The minimum Gasteiger partial charge on any atom is -0.312 e. The van der Waals surface area contributed by atoms with Crippen LogP contribution in [0.1, 0.15) is 6.92 Å². The van der Waals surface area contributed by atoms with Crippen molar-refractivity contribution in [3.63, 3.8) is 0 Å². The Bertz CT molecular complexity index is 1220. The Balaban J connectivity index is 1.70. The van der Waals surface area contributed by atoms with Crippen LogP contribution in [0.25, 0.3) is 16.6 Å². The Morgan fingerprint density at radius 1 is 0.933 bits per heavy atom. The van der Waals surface area contributed by atoms with Crippen molar-refractivity contribution in [2.75, 3.05) is 17.2 Å². The molecule has 0 saturated carbocycles. The molecule has 5 nitrogen and oxygen atoms in total. The molecular weight excluding hydrogens is 394 g/mol. The van der Waals surface area contributed by atoms with Crippen molar-refractivity contribution < 1.29 is 4.79 Å². The van der Waals surface area contributed by atoms with Crippen LogP contribution in [0.4, 0.5) is 5.69 Å². The summed E-state index contributed by atoms with van der Waals surface area (Å²) < 4.78 is 1.58. The van der Waals surface area contributed by atoms with Gasteiger partial charge < -0.3 is 4.90 Å².